The fraction of sp³-hybridized carbons (Fsp3) is 0.286. The van der Waals surface area contributed by atoms with E-state index in [4.69, 9.17) is 4.74 Å². The summed E-state index contributed by atoms with van der Waals surface area (Å²) >= 11 is 3.20. The highest BCUT2D eigenvalue weighted by molar-refractivity contribution is 9.10. The Morgan fingerprint density at radius 1 is 1.41 bits per heavy atom. The number of nitrogens with one attached hydrogen (secondary N) is 1. The minimum absolute atomic E-state index is 0.0273. The smallest absolute Gasteiger partial charge is 0.266 e. The number of benzene rings is 1. The highest BCUT2D eigenvalue weighted by atomic mass is 79.9. The molecule has 0 saturated carbocycles. The molecule has 0 amide bonds. The molecular formula is C14H14BrN3O3S. The van der Waals surface area contributed by atoms with Gasteiger partial charge in [-0.15, -0.1) is 0 Å². The van der Waals surface area contributed by atoms with Gasteiger partial charge in [0.05, 0.1) is 11.9 Å². The number of nitrogens with zero attached hydrogens (tertiary/aromatic N) is 2. The lowest BCUT2D eigenvalue weighted by atomic mass is 10.1. The maximum absolute atomic E-state index is 12.6. The number of ether oxygens (including phenoxy) is 1. The Hall–Kier alpha value is -1.67. The van der Waals surface area contributed by atoms with Crippen LogP contribution in [0.4, 0.5) is 5.82 Å². The number of halogens is 1. The number of para-hydroxylation sites is 1. The van der Waals surface area contributed by atoms with Crippen LogP contribution in [-0.4, -0.2) is 24.5 Å². The fourth-order valence-corrected chi connectivity index (χ4v) is 3.97. The van der Waals surface area contributed by atoms with Gasteiger partial charge in [0.1, 0.15) is 21.4 Å². The van der Waals surface area contributed by atoms with Crippen molar-refractivity contribution in [2.24, 2.45) is 0 Å². The topological polar surface area (TPSA) is 81.2 Å². The Balaban J connectivity index is 2.00. The third kappa shape index (κ3) is 2.80. The van der Waals surface area contributed by atoms with E-state index in [1.54, 1.807) is 13.0 Å². The molecule has 3 rings (SSSR count). The first kappa shape index (κ1) is 15.2. The van der Waals surface area contributed by atoms with Gasteiger partial charge in [0.25, 0.3) is 10.0 Å². The second-order valence-corrected chi connectivity index (χ2v) is 7.57. The van der Waals surface area contributed by atoms with Gasteiger partial charge in [-0.2, -0.15) is 0 Å². The van der Waals surface area contributed by atoms with Crippen LogP contribution in [0.3, 0.4) is 0 Å². The van der Waals surface area contributed by atoms with E-state index >= 15 is 0 Å². The highest BCUT2D eigenvalue weighted by Crippen LogP contribution is 2.35. The minimum Gasteiger partial charge on any atom is -0.489 e. The molecule has 1 aromatic carbocycles. The van der Waals surface area contributed by atoms with Crippen molar-refractivity contribution in [2.75, 3.05) is 4.72 Å². The van der Waals surface area contributed by atoms with Crippen LogP contribution in [0, 0.1) is 6.92 Å². The van der Waals surface area contributed by atoms with Gasteiger partial charge in [-0.25, -0.2) is 18.4 Å². The van der Waals surface area contributed by atoms with E-state index in [0.29, 0.717) is 22.5 Å². The molecule has 1 atom stereocenters. The van der Waals surface area contributed by atoms with Crippen LogP contribution in [0.15, 0.2) is 33.9 Å². The molecule has 116 valence electrons. The first-order chi connectivity index (χ1) is 10.4. The van der Waals surface area contributed by atoms with E-state index in [2.05, 4.69) is 30.6 Å². The number of hydrogen-bond acceptors (Lipinski definition) is 5. The Morgan fingerprint density at radius 3 is 2.91 bits per heavy atom. The fourth-order valence-electron chi connectivity index (χ4n) is 2.36. The Kier molecular flexibility index (Phi) is 3.82. The number of hydrogen-bond donors (Lipinski definition) is 1. The van der Waals surface area contributed by atoms with Gasteiger partial charge in [0.2, 0.25) is 0 Å². The van der Waals surface area contributed by atoms with Gasteiger partial charge in [-0.1, -0.05) is 12.1 Å². The van der Waals surface area contributed by atoms with Crippen molar-refractivity contribution in [1.29, 1.82) is 0 Å². The Bertz CT molecular complexity index is 839. The van der Waals surface area contributed by atoms with E-state index in [-0.39, 0.29) is 16.8 Å². The molecule has 22 heavy (non-hydrogen) atoms. The zero-order chi connectivity index (χ0) is 15.9. The molecule has 1 aliphatic heterocycles. The average Bonchev–Trinajstić information content (AvgIpc) is 2.81. The number of aryl methyl sites for hydroxylation is 1. The maximum Gasteiger partial charge on any atom is 0.266 e. The predicted octanol–water partition coefficient (Wildman–Crippen LogP) is 2.67. The molecular weight excluding hydrogens is 370 g/mol. The number of sulfonamides is 1. The molecule has 1 aromatic heterocycles. The van der Waals surface area contributed by atoms with E-state index in [1.807, 2.05) is 13.0 Å². The summed E-state index contributed by atoms with van der Waals surface area (Å²) in [5.74, 6) is 0.622. The molecule has 0 saturated heterocycles. The van der Waals surface area contributed by atoms with Gasteiger partial charge >= 0.3 is 0 Å². The number of aromatic nitrogens is 2. The Morgan fingerprint density at radius 2 is 2.18 bits per heavy atom. The van der Waals surface area contributed by atoms with Crippen molar-refractivity contribution in [3.8, 4) is 5.75 Å². The number of anilines is 1. The van der Waals surface area contributed by atoms with Gasteiger partial charge in [0.15, 0.2) is 5.82 Å². The second-order valence-electron chi connectivity index (χ2n) is 5.11. The van der Waals surface area contributed by atoms with Gasteiger partial charge in [-0.05, 0) is 41.4 Å². The summed E-state index contributed by atoms with van der Waals surface area (Å²) in [6.45, 7) is 3.60. The molecule has 0 fully saturated rings. The molecule has 6 nitrogen and oxygen atoms in total. The molecule has 1 aliphatic rings. The lowest BCUT2D eigenvalue weighted by Crippen LogP contribution is -2.16. The number of rotatable bonds is 3. The quantitative estimate of drug-likeness (QED) is 0.880. The summed E-state index contributed by atoms with van der Waals surface area (Å²) in [6, 6.07) is 5.12. The summed E-state index contributed by atoms with van der Waals surface area (Å²) in [6.07, 6.45) is 2.12. The summed E-state index contributed by atoms with van der Waals surface area (Å²) in [4.78, 5) is 8.31. The van der Waals surface area contributed by atoms with E-state index in [9.17, 15) is 8.42 Å². The van der Waals surface area contributed by atoms with Crippen molar-refractivity contribution in [3.05, 3.63) is 40.3 Å². The third-order valence-corrected chi connectivity index (χ3v) is 5.07. The lowest BCUT2D eigenvalue weighted by Gasteiger charge is -2.12. The van der Waals surface area contributed by atoms with Crippen LogP contribution in [0.2, 0.25) is 0 Å². The minimum atomic E-state index is -3.79. The first-order valence-electron chi connectivity index (χ1n) is 6.67. The molecule has 0 spiro atoms. The SMILES string of the molecule is Cc1nc(Br)cnc1NS(=O)(=O)c1cccc2c1OC(C)C2. The van der Waals surface area contributed by atoms with Gasteiger partial charge < -0.3 is 4.74 Å². The predicted molar refractivity (Wildman–Crippen MR) is 85.5 cm³/mol. The van der Waals surface area contributed by atoms with Gasteiger partial charge in [-0.3, -0.25) is 4.72 Å². The molecule has 8 heteroatoms. The monoisotopic (exact) mass is 383 g/mol. The van der Waals surface area contributed by atoms with Crippen molar-refractivity contribution < 1.29 is 13.2 Å². The molecule has 2 aromatic rings. The standard InChI is InChI=1S/C14H14BrN3O3S/c1-8-6-10-4-3-5-11(13(10)21-8)22(19,20)18-14-9(2)17-12(15)7-16-14/h3-5,7-8H,6H2,1-2H3,(H,16,18). The zero-order valence-corrected chi connectivity index (χ0v) is 14.4. The summed E-state index contributed by atoms with van der Waals surface area (Å²) in [7, 11) is -3.79. The van der Waals surface area contributed by atoms with Crippen LogP contribution in [-0.2, 0) is 16.4 Å². The van der Waals surface area contributed by atoms with Crippen molar-refractivity contribution >= 4 is 31.8 Å². The molecule has 0 aliphatic carbocycles. The second kappa shape index (κ2) is 5.51. The molecule has 0 bridgehead atoms. The first-order valence-corrected chi connectivity index (χ1v) is 8.95. The van der Waals surface area contributed by atoms with E-state index in [0.717, 1.165) is 5.56 Å². The van der Waals surface area contributed by atoms with Crippen LogP contribution in [0.5, 0.6) is 5.75 Å². The molecule has 1 unspecified atom stereocenters. The van der Waals surface area contributed by atoms with E-state index in [1.165, 1.54) is 12.3 Å². The summed E-state index contributed by atoms with van der Waals surface area (Å²) in [5.41, 5.74) is 1.38. The average molecular weight is 384 g/mol. The van der Waals surface area contributed by atoms with Crippen molar-refractivity contribution in [3.63, 3.8) is 0 Å². The number of fused-ring (bicyclic) bond motifs is 1. The van der Waals surface area contributed by atoms with Crippen LogP contribution in [0.25, 0.3) is 0 Å². The highest BCUT2D eigenvalue weighted by Gasteiger charge is 2.28. The molecule has 0 radical (unpaired) electrons. The third-order valence-electron chi connectivity index (χ3n) is 3.32. The molecule has 1 N–H and O–H groups in total. The van der Waals surface area contributed by atoms with Crippen molar-refractivity contribution in [2.45, 2.75) is 31.3 Å². The van der Waals surface area contributed by atoms with E-state index < -0.39 is 10.0 Å². The van der Waals surface area contributed by atoms with Crippen LogP contribution < -0.4 is 9.46 Å². The lowest BCUT2D eigenvalue weighted by molar-refractivity contribution is 0.249. The largest absolute Gasteiger partial charge is 0.489 e. The Labute approximate surface area is 137 Å². The van der Waals surface area contributed by atoms with Crippen LogP contribution in [0.1, 0.15) is 18.2 Å². The van der Waals surface area contributed by atoms with Gasteiger partial charge in [0, 0.05) is 6.42 Å². The normalized spacial score (nSPS) is 17.0. The summed E-state index contributed by atoms with van der Waals surface area (Å²) in [5, 5.41) is 0. The van der Waals surface area contributed by atoms with Crippen molar-refractivity contribution in [1.82, 2.24) is 9.97 Å². The zero-order valence-electron chi connectivity index (χ0n) is 12.0. The maximum atomic E-state index is 12.6. The molecule has 2 heterocycles. The summed E-state index contributed by atoms with van der Waals surface area (Å²) < 4.78 is 33.9. The van der Waals surface area contributed by atoms with Crippen LogP contribution >= 0.6 is 15.9 Å².